The van der Waals surface area contributed by atoms with E-state index < -0.39 is 5.60 Å². The van der Waals surface area contributed by atoms with Crippen molar-refractivity contribution in [3.05, 3.63) is 58.4 Å². The summed E-state index contributed by atoms with van der Waals surface area (Å²) in [5.74, 6) is 0. The summed E-state index contributed by atoms with van der Waals surface area (Å²) < 4.78 is 5.52. The summed E-state index contributed by atoms with van der Waals surface area (Å²) in [6.07, 6.45) is 4.78. The van der Waals surface area contributed by atoms with Crippen LogP contribution < -0.4 is 4.90 Å². The number of anilines is 2. The van der Waals surface area contributed by atoms with Crippen LogP contribution in [0.3, 0.4) is 0 Å². The predicted molar refractivity (Wildman–Crippen MR) is 113 cm³/mol. The monoisotopic (exact) mass is 410 g/mol. The molecule has 2 aliphatic rings. The van der Waals surface area contributed by atoms with Crippen LogP contribution in [0.15, 0.2) is 42.7 Å². The highest BCUT2D eigenvalue weighted by molar-refractivity contribution is 5.78. The first kappa shape index (κ1) is 20.1. The Bertz CT molecular complexity index is 977. The number of pyridine rings is 1. The number of nitrogens with zero attached hydrogens (tertiary/aromatic N) is 4. The number of carbonyl (C=O) groups is 1. The highest BCUT2D eigenvalue weighted by atomic mass is 16.6. The highest BCUT2D eigenvalue weighted by Crippen LogP contribution is 2.50. The summed E-state index contributed by atoms with van der Waals surface area (Å²) in [7, 11) is 0. The van der Waals surface area contributed by atoms with Crippen LogP contribution in [0.2, 0.25) is 0 Å². The molecule has 0 radical (unpaired) electrons. The van der Waals surface area contributed by atoms with Crippen molar-refractivity contribution in [2.45, 2.75) is 44.6 Å². The number of amides is 1. The van der Waals surface area contributed by atoms with E-state index in [2.05, 4.69) is 4.98 Å². The number of hydrogen-bond acceptors (Lipinski definition) is 6. The fourth-order valence-corrected chi connectivity index (χ4v) is 4.46. The summed E-state index contributed by atoms with van der Waals surface area (Å²) in [5, 5.41) is 11.6. The van der Waals surface area contributed by atoms with Crippen LogP contribution in [-0.4, -0.2) is 46.1 Å². The first-order chi connectivity index (χ1) is 14.2. The molecule has 4 rings (SSSR count). The molecule has 1 amide bonds. The molecule has 0 aliphatic carbocycles. The second kappa shape index (κ2) is 7.27. The number of aromatic nitrogens is 1. The standard InChI is InChI=1S/C22H26N4O4/c1-21(2,3)30-20(27)24-12-9-22(10-13-24)15-25(19-14-23-11-8-16(19)22)17-6-4-5-7-18(17)26(28)29/h4-8,11,14H,9-10,12-13,15H2,1-3H3. The van der Waals surface area contributed by atoms with Gasteiger partial charge in [-0.25, -0.2) is 4.79 Å². The van der Waals surface area contributed by atoms with E-state index in [-0.39, 0.29) is 22.1 Å². The van der Waals surface area contributed by atoms with Gasteiger partial charge < -0.3 is 14.5 Å². The van der Waals surface area contributed by atoms with Gasteiger partial charge in [0.1, 0.15) is 11.3 Å². The normalized spacial score (nSPS) is 17.7. The van der Waals surface area contributed by atoms with E-state index in [1.165, 1.54) is 6.07 Å². The molecule has 30 heavy (non-hydrogen) atoms. The molecule has 8 heteroatoms. The van der Waals surface area contributed by atoms with Crippen molar-refractivity contribution in [1.29, 1.82) is 0 Å². The van der Waals surface area contributed by atoms with Crippen LogP contribution in [0.4, 0.5) is 21.9 Å². The summed E-state index contributed by atoms with van der Waals surface area (Å²) in [4.78, 5) is 31.8. The van der Waals surface area contributed by atoms with Gasteiger partial charge in [0.05, 0.1) is 16.8 Å². The molecule has 2 aliphatic heterocycles. The van der Waals surface area contributed by atoms with Crippen molar-refractivity contribution in [3.8, 4) is 0 Å². The number of fused-ring (bicyclic) bond motifs is 2. The number of hydrogen-bond donors (Lipinski definition) is 0. The Morgan fingerprint density at radius 1 is 1.17 bits per heavy atom. The van der Waals surface area contributed by atoms with Gasteiger partial charge in [-0.2, -0.15) is 0 Å². The molecule has 2 aromatic rings. The number of nitro groups is 1. The summed E-state index contributed by atoms with van der Waals surface area (Å²) >= 11 is 0. The third-order valence-corrected chi connectivity index (χ3v) is 5.86. The van der Waals surface area contributed by atoms with Gasteiger partial charge in [-0.15, -0.1) is 0 Å². The van der Waals surface area contributed by atoms with Gasteiger partial charge in [0.25, 0.3) is 5.69 Å². The summed E-state index contributed by atoms with van der Waals surface area (Å²) in [6, 6.07) is 8.81. The molecule has 0 atom stereocenters. The van der Waals surface area contributed by atoms with Crippen molar-refractivity contribution in [1.82, 2.24) is 9.88 Å². The average Bonchev–Trinajstić information content (AvgIpc) is 3.01. The van der Waals surface area contributed by atoms with Crippen molar-refractivity contribution in [3.63, 3.8) is 0 Å². The zero-order valence-electron chi connectivity index (χ0n) is 17.5. The number of carbonyl (C=O) groups excluding carboxylic acids is 1. The number of rotatable bonds is 2. The molecular weight excluding hydrogens is 384 g/mol. The highest BCUT2D eigenvalue weighted by Gasteiger charge is 2.47. The number of benzene rings is 1. The van der Waals surface area contributed by atoms with E-state index in [1.54, 1.807) is 29.4 Å². The van der Waals surface area contributed by atoms with Gasteiger partial charge in [-0.05, 0) is 51.3 Å². The Labute approximate surface area is 175 Å². The van der Waals surface area contributed by atoms with Gasteiger partial charge in [-0.3, -0.25) is 15.1 Å². The zero-order chi connectivity index (χ0) is 21.5. The van der Waals surface area contributed by atoms with E-state index in [0.29, 0.717) is 25.3 Å². The number of ether oxygens (including phenoxy) is 1. The molecule has 1 saturated heterocycles. The second-order valence-electron chi connectivity index (χ2n) is 8.97. The molecule has 1 aromatic carbocycles. The van der Waals surface area contributed by atoms with Gasteiger partial charge in [0.2, 0.25) is 0 Å². The quantitative estimate of drug-likeness (QED) is 0.538. The number of likely N-dealkylation sites (tertiary alicyclic amines) is 1. The lowest BCUT2D eigenvalue weighted by Gasteiger charge is -2.40. The van der Waals surface area contributed by atoms with Crippen LogP contribution in [0.25, 0.3) is 0 Å². The van der Waals surface area contributed by atoms with E-state index in [1.807, 2.05) is 37.8 Å². The third kappa shape index (κ3) is 3.58. The van der Waals surface area contributed by atoms with Gasteiger partial charge in [-0.1, -0.05) is 12.1 Å². The van der Waals surface area contributed by atoms with Crippen LogP contribution in [0, 0.1) is 10.1 Å². The molecule has 1 fully saturated rings. The van der Waals surface area contributed by atoms with Crippen LogP contribution in [-0.2, 0) is 10.2 Å². The van der Waals surface area contributed by atoms with Crippen molar-refractivity contribution < 1.29 is 14.5 Å². The molecule has 0 bridgehead atoms. The summed E-state index contributed by atoms with van der Waals surface area (Å²) in [6.45, 7) is 7.38. The van der Waals surface area contributed by atoms with Crippen molar-refractivity contribution >= 4 is 23.2 Å². The van der Waals surface area contributed by atoms with Crippen LogP contribution in [0.5, 0.6) is 0 Å². The average molecular weight is 410 g/mol. The lowest BCUT2D eigenvalue weighted by molar-refractivity contribution is -0.384. The van der Waals surface area contributed by atoms with Crippen LogP contribution in [0.1, 0.15) is 39.2 Å². The van der Waals surface area contributed by atoms with E-state index in [0.717, 1.165) is 24.1 Å². The first-order valence-corrected chi connectivity index (χ1v) is 10.1. The topological polar surface area (TPSA) is 88.8 Å². The summed E-state index contributed by atoms with van der Waals surface area (Å²) in [5.41, 5.74) is 1.98. The predicted octanol–water partition coefficient (Wildman–Crippen LogP) is 4.41. The van der Waals surface area contributed by atoms with E-state index in [4.69, 9.17) is 4.74 Å². The number of nitro benzene ring substituents is 1. The lowest BCUT2D eigenvalue weighted by atomic mass is 9.74. The Morgan fingerprint density at radius 3 is 2.53 bits per heavy atom. The molecule has 0 saturated carbocycles. The Hall–Kier alpha value is -3.16. The molecular formula is C22H26N4O4. The van der Waals surface area contributed by atoms with E-state index in [9.17, 15) is 14.9 Å². The molecule has 8 nitrogen and oxygen atoms in total. The fourth-order valence-electron chi connectivity index (χ4n) is 4.46. The molecule has 158 valence electrons. The first-order valence-electron chi connectivity index (χ1n) is 10.1. The maximum absolute atomic E-state index is 12.5. The van der Waals surface area contributed by atoms with Gasteiger partial charge in [0, 0.05) is 37.3 Å². The Morgan fingerprint density at radius 2 is 1.87 bits per heavy atom. The molecule has 1 aromatic heterocycles. The zero-order valence-corrected chi connectivity index (χ0v) is 17.5. The minimum atomic E-state index is -0.527. The smallest absolute Gasteiger partial charge is 0.410 e. The molecule has 3 heterocycles. The number of para-hydroxylation sites is 2. The molecule has 1 spiro atoms. The number of piperidine rings is 1. The van der Waals surface area contributed by atoms with Gasteiger partial charge >= 0.3 is 6.09 Å². The largest absolute Gasteiger partial charge is 0.444 e. The SMILES string of the molecule is CC(C)(C)OC(=O)N1CCC2(CC1)CN(c1ccccc1[N+](=O)[O-])c1cnccc12. The minimum absolute atomic E-state index is 0.0792. The van der Waals surface area contributed by atoms with Gasteiger partial charge in [0.15, 0.2) is 0 Å². The second-order valence-corrected chi connectivity index (χ2v) is 8.97. The van der Waals surface area contributed by atoms with Crippen molar-refractivity contribution in [2.24, 2.45) is 0 Å². The lowest BCUT2D eigenvalue weighted by Crippen LogP contribution is -2.48. The Kier molecular flexibility index (Phi) is 4.88. The van der Waals surface area contributed by atoms with Crippen molar-refractivity contribution in [2.75, 3.05) is 24.5 Å². The van der Waals surface area contributed by atoms with E-state index >= 15 is 0 Å². The maximum atomic E-state index is 12.5. The maximum Gasteiger partial charge on any atom is 0.410 e. The minimum Gasteiger partial charge on any atom is -0.444 e. The third-order valence-electron chi connectivity index (χ3n) is 5.86. The molecule has 0 N–H and O–H groups in total. The Balaban J connectivity index is 1.62. The fraction of sp³-hybridized carbons (Fsp3) is 0.455. The van der Waals surface area contributed by atoms with Crippen LogP contribution >= 0.6 is 0 Å². The molecule has 0 unspecified atom stereocenters.